The van der Waals surface area contributed by atoms with Gasteiger partial charge in [0.1, 0.15) is 0 Å². The van der Waals surface area contributed by atoms with Crippen molar-refractivity contribution in [3.63, 3.8) is 0 Å². The number of halogens is 2. The average Bonchev–Trinajstić information content (AvgIpc) is 2.68. The standard InChI is InChI=1S/C16H19Br2NO2/c1-2-3-4-5-6-7-8-19-14-12(15(20)16(19)21)9-11(17)10-13(14)18/h9-10H,2-8H2,1H3. The topological polar surface area (TPSA) is 37.4 Å². The van der Waals surface area contributed by atoms with Gasteiger partial charge >= 0.3 is 0 Å². The van der Waals surface area contributed by atoms with Crippen LogP contribution in [0.25, 0.3) is 0 Å². The van der Waals surface area contributed by atoms with Crippen molar-refractivity contribution in [2.75, 3.05) is 11.4 Å². The number of fused-ring (bicyclic) bond motifs is 1. The molecule has 1 aliphatic rings. The fourth-order valence-corrected chi connectivity index (χ4v) is 4.06. The lowest BCUT2D eigenvalue weighted by Crippen LogP contribution is -2.30. The van der Waals surface area contributed by atoms with Gasteiger partial charge in [0.2, 0.25) is 0 Å². The normalized spacial score (nSPS) is 14.0. The first-order valence-electron chi connectivity index (χ1n) is 7.41. The van der Waals surface area contributed by atoms with Gasteiger partial charge in [-0.15, -0.1) is 0 Å². The molecule has 21 heavy (non-hydrogen) atoms. The molecule has 0 aliphatic carbocycles. The van der Waals surface area contributed by atoms with Gasteiger partial charge in [0.25, 0.3) is 11.7 Å². The van der Waals surface area contributed by atoms with Crippen LogP contribution in [0, 0.1) is 0 Å². The van der Waals surface area contributed by atoms with Crippen molar-refractivity contribution in [1.82, 2.24) is 0 Å². The van der Waals surface area contributed by atoms with E-state index in [0.29, 0.717) is 12.1 Å². The highest BCUT2D eigenvalue weighted by Gasteiger charge is 2.37. The number of nitrogens with zero attached hydrogens (tertiary/aromatic N) is 1. The maximum atomic E-state index is 12.1. The van der Waals surface area contributed by atoms with Crippen LogP contribution >= 0.6 is 31.9 Å². The average molecular weight is 417 g/mol. The van der Waals surface area contributed by atoms with Gasteiger partial charge in [-0.2, -0.15) is 0 Å². The van der Waals surface area contributed by atoms with Gasteiger partial charge < -0.3 is 4.90 Å². The van der Waals surface area contributed by atoms with Gasteiger partial charge in [0.05, 0.1) is 11.3 Å². The zero-order valence-electron chi connectivity index (χ0n) is 12.1. The van der Waals surface area contributed by atoms with Crippen molar-refractivity contribution in [2.45, 2.75) is 45.4 Å². The summed E-state index contributed by atoms with van der Waals surface area (Å²) in [7, 11) is 0. The van der Waals surface area contributed by atoms with Crippen molar-refractivity contribution in [1.29, 1.82) is 0 Å². The summed E-state index contributed by atoms with van der Waals surface area (Å²) in [6.45, 7) is 2.81. The molecule has 114 valence electrons. The maximum absolute atomic E-state index is 12.1. The third-order valence-corrected chi connectivity index (χ3v) is 4.78. The zero-order valence-corrected chi connectivity index (χ0v) is 15.3. The molecule has 5 heteroatoms. The second-order valence-electron chi connectivity index (χ2n) is 5.34. The predicted molar refractivity (Wildman–Crippen MR) is 91.9 cm³/mol. The van der Waals surface area contributed by atoms with Crippen LogP contribution in [0.3, 0.4) is 0 Å². The van der Waals surface area contributed by atoms with Crippen LogP contribution in [-0.2, 0) is 4.79 Å². The van der Waals surface area contributed by atoms with Crippen molar-refractivity contribution in [3.8, 4) is 0 Å². The minimum Gasteiger partial charge on any atom is -0.304 e. The lowest BCUT2D eigenvalue weighted by atomic mass is 10.1. The Morgan fingerprint density at radius 1 is 1.00 bits per heavy atom. The van der Waals surface area contributed by atoms with Crippen LogP contribution in [0.15, 0.2) is 21.1 Å². The Balaban J connectivity index is 2.02. The lowest BCUT2D eigenvalue weighted by molar-refractivity contribution is -0.114. The van der Waals surface area contributed by atoms with E-state index in [4.69, 9.17) is 0 Å². The number of Topliss-reactive ketones (excluding diaryl/α,β-unsaturated/α-hetero) is 1. The van der Waals surface area contributed by atoms with Crippen molar-refractivity contribution < 1.29 is 9.59 Å². The number of benzene rings is 1. The first-order valence-corrected chi connectivity index (χ1v) is 9.00. The van der Waals surface area contributed by atoms with E-state index in [0.717, 1.165) is 27.5 Å². The van der Waals surface area contributed by atoms with Gasteiger partial charge in [-0.1, -0.05) is 55.0 Å². The molecule has 0 radical (unpaired) electrons. The Labute approximate surface area is 142 Å². The maximum Gasteiger partial charge on any atom is 0.299 e. The number of unbranched alkanes of at least 4 members (excludes halogenated alkanes) is 5. The van der Waals surface area contributed by atoms with Crippen LogP contribution in [0.1, 0.15) is 55.8 Å². The first-order chi connectivity index (χ1) is 10.1. The van der Waals surface area contributed by atoms with Gasteiger partial charge in [-0.25, -0.2) is 0 Å². The molecule has 1 aliphatic heterocycles. The zero-order chi connectivity index (χ0) is 15.4. The number of hydrogen-bond donors (Lipinski definition) is 0. The van der Waals surface area contributed by atoms with E-state index >= 15 is 0 Å². The van der Waals surface area contributed by atoms with Crippen molar-refractivity contribution >= 4 is 49.2 Å². The fraction of sp³-hybridized carbons (Fsp3) is 0.500. The lowest BCUT2D eigenvalue weighted by Gasteiger charge is -2.17. The third kappa shape index (κ3) is 3.75. The van der Waals surface area contributed by atoms with Crippen LogP contribution in [0.4, 0.5) is 5.69 Å². The summed E-state index contributed by atoms with van der Waals surface area (Å²) in [4.78, 5) is 25.8. The Kier molecular flexibility index (Phi) is 5.99. The van der Waals surface area contributed by atoms with Crippen LogP contribution in [-0.4, -0.2) is 18.2 Å². The molecule has 2 rings (SSSR count). The number of rotatable bonds is 7. The van der Waals surface area contributed by atoms with E-state index in [1.165, 1.54) is 25.7 Å². The minimum absolute atomic E-state index is 0.405. The number of anilines is 1. The SMILES string of the molecule is CCCCCCCCN1C(=O)C(=O)c2cc(Br)cc(Br)c21. The monoisotopic (exact) mass is 415 g/mol. The Morgan fingerprint density at radius 3 is 2.38 bits per heavy atom. The first kappa shape index (κ1) is 16.7. The van der Waals surface area contributed by atoms with E-state index in [1.54, 1.807) is 11.0 Å². The fourth-order valence-electron chi connectivity index (χ4n) is 2.62. The third-order valence-electron chi connectivity index (χ3n) is 3.72. The van der Waals surface area contributed by atoms with E-state index in [1.807, 2.05) is 6.07 Å². The molecule has 0 unspecified atom stereocenters. The molecule has 0 saturated heterocycles. The summed E-state index contributed by atoms with van der Waals surface area (Å²) in [5.41, 5.74) is 1.22. The molecule has 1 aromatic carbocycles. The van der Waals surface area contributed by atoms with Gasteiger partial charge in [-0.3, -0.25) is 9.59 Å². The smallest absolute Gasteiger partial charge is 0.299 e. The van der Waals surface area contributed by atoms with Gasteiger partial charge in [-0.05, 0) is 34.5 Å². The molecule has 0 bridgehead atoms. The molecule has 1 amide bonds. The molecule has 3 nitrogen and oxygen atoms in total. The molecule has 0 aromatic heterocycles. The molecule has 0 atom stereocenters. The summed E-state index contributed by atoms with van der Waals surface area (Å²) in [6, 6.07) is 3.60. The highest BCUT2D eigenvalue weighted by molar-refractivity contribution is 9.11. The van der Waals surface area contributed by atoms with E-state index in [-0.39, 0.29) is 0 Å². The molecule has 1 aromatic rings. The Bertz CT molecular complexity index is 557. The minimum atomic E-state index is -0.405. The second kappa shape index (κ2) is 7.54. The molecule has 0 N–H and O–H groups in total. The van der Waals surface area contributed by atoms with Crippen molar-refractivity contribution in [3.05, 3.63) is 26.6 Å². The number of carbonyl (C=O) groups is 2. The number of amides is 1. The van der Waals surface area contributed by atoms with Gasteiger partial charge in [0.15, 0.2) is 0 Å². The summed E-state index contributed by atoms with van der Waals surface area (Å²) >= 11 is 6.82. The second-order valence-corrected chi connectivity index (χ2v) is 7.11. The summed E-state index contributed by atoms with van der Waals surface area (Å²) in [5, 5.41) is 0. The van der Waals surface area contributed by atoms with Crippen LogP contribution < -0.4 is 4.90 Å². The van der Waals surface area contributed by atoms with Crippen molar-refractivity contribution in [2.24, 2.45) is 0 Å². The molecule has 0 saturated carbocycles. The van der Waals surface area contributed by atoms with E-state index in [2.05, 4.69) is 38.8 Å². The summed E-state index contributed by atoms with van der Waals surface area (Å²) in [5.74, 6) is -0.810. The largest absolute Gasteiger partial charge is 0.304 e. The highest BCUT2D eigenvalue weighted by Crippen LogP contribution is 2.38. The summed E-state index contributed by atoms with van der Waals surface area (Å²) < 4.78 is 1.59. The Morgan fingerprint density at radius 2 is 1.67 bits per heavy atom. The number of hydrogen-bond acceptors (Lipinski definition) is 2. The molecule has 0 fully saturated rings. The molecule has 0 spiro atoms. The quantitative estimate of drug-likeness (QED) is 0.457. The molecular weight excluding hydrogens is 398 g/mol. The summed E-state index contributed by atoms with van der Waals surface area (Å²) in [6.07, 6.45) is 6.97. The Hall–Kier alpha value is -0.680. The molecule has 1 heterocycles. The number of ketones is 1. The van der Waals surface area contributed by atoms with E-state index < -0.39 is 11.7 Å². The highest BCUT2D eigenvalue weighted by atomic mass is 79.9. The van der Waals surface area contributed by atoms with E-state index in [9.17, 15) is 9.59 Å². The van der Waals surface area contributed by atoms with Crippen LogP contribution in [0.5, 0.6) is 0 Å². The molecular formula is C16H19Br2NO2. The number of carbonyl (C=O) groups excluding carboxylic acids is 2. The van der Waals surface area contributed by atoms with Gasteiger partial charge in [0, 0.05) is 15.5 Å². The van der Waals surface area contributed by atoms with Crippen LogP contribution in [0.2, 0.25) is 0 Å². The predicted octanol–water partition coefficient (Wildman–Crippen LogP) is 5.10.